The quantitative estimate of drug-likeness (QED) is 0.821. The minimum atomic E-state index is -3.56. The molecular formula is C16H21N3O3S2. The number of hydrogen-bond donors (Lipinski definition) is 2. The Balaban J connectivity index is 2.08. The number of aryl methyl sites for hydroxylation is 1. The van der Waals surface area contributed by atoms with Gasteiger partial charge in [0.1, 0.15) is 0 Å². The first-order chi connectivity index (χ1) is 11.2. The molecule has 0 radical (unpaired) electrons. The van der Waals surface area contributed by atoms with Gasteiger partial charge in [0.15, 0.2) is 0 Å². The van der Waals surface area contributed by atoms with E-state index in [-0.39, 0.29) is 22.9 Å². The predicted molar refractivity (Wildman–Crippen MR) is 94.6 cm³/mol. The Morgan fingerprint density at radius 1 is 1.17 bits per heavy atom. The molecule has 0 saturated carbocycles. The predicted octanol–water partition coefficient (Wildman–Crippen LogP) is 2.63. The van der Waals surface area contributed by atoms with Gasteiger partial charge in [0, 0.05) is 17.0 Å². The molecule has 6 nitrogen and oxygen atoms in total. The zero-order valence-corrected chi connectivity index (χ0v) is 15.7. The van der Waals surface area contributed by atoms with Gasteiger partial charge in [-0.25, -0.2) is 18.1 Å². The average Bonchev–Trinajstić information content (AvgIpc) is 2.93. The van der Waals surface area contributed by atoms with E-state index >= 15 is 0 Å². The van der Waals surface area contributed by atoms with Gasteiger partial charge in [-0.15, -0.1) is 11.3 Å². The number of rotatable bonds is 6. The second-order valence-electron chi connectivity index (χ2n) is 5.79. The van der Waals surface area contributed by atoms with Gasteiger partial charge < -0.3 is 5.32 Å². The van der Waals surface area contributed by atoms with Crippen LogP contribution in [0.1, 0.15) is 47.9 Å². The number of sulfonamides is 1. The van der Waals surface area contributed by atoms with Gasteiger partial charge in [-0.2, -0.15) is 0 Å². The maximum absolute atomic E-state index is 12.3. The van der Waals surface area contributed by atoms with Crippen LogP contribution in [-0.2, 0) is 10.0 Å². The minimum absolute atomic E-state index is 0.135. The van der Waals surface area contributed by atoms with Crippen LogP contribution in [0.2, 0.25) is 0 Å². The highest BCUT2D eigenvalue weighted by atomic mass is 32.2. The topological polar surface area (TPSA) is 88.2 Å². The molecule has 8 heteroatoms. The molecule has 1 aromatic carbocycles. The van der Waals surface area contributed by atoms with Crippen molar-refractivity contribution in [3.8, 4) is 0 Å². The van der Waals surface area contributed by atoms with E-state index in [1.165, 1.54) is 35.6 Å². The first-order valence-corrected chi connectivity index (χ1v) is 9.90. The molecule has 24 heavy (non-hydrogen) atoms. The van der Waals surface area contributed by atoms with Gasteiger partial charge in [-0.1, -0.05) is 0 Å². The third kappa shape index (κ3) is 4.62. The molecule has 0 aliphatic carbocycles. The molecule has 2 aromatic rings. The van der Waals surface area contributed by atoms with Gasteiger partial charge in [0.05, 0.1) is 21.6 Å². The van der Waals surface area contributed by atoms with Gasteiger partial charge in [0.2, 0.25) is 10.0 Å². The molecule has 1 unspecified atom stereocenters. The zero-order chi connectivity index (χ0) is 17.9. The van der Waals surface area contributed by atoms with Crippen LogP contribution >= 0.6 is 11.3 Å². The summed E-state index contributed by atoms with van der Waals surface area (Å²) in [5.41, 5.74) is 1.21. The van der Waals surface area contributed by atoms with Crippen LogP contribution in [0.3, 0.4) is 0 Å². The van der Waals surface area contributed by atoms with Crippen LogP contribution < -0.4 is 10.0 Å². The third-order valence-electron chi connectivity index (χ3n) is 3.25. The first-order valence-electron chi connectivity index (χ1n) is 7.54. The molecule has 0 fully saturated rings. The lowest BCUT2D eigenvalue weighted by Crippen LogP contribution is -2.30. The second-order valence-corrected chi connectivity index (χ2v) is 8.56. The first kappa shape index (κ1) is 18.6. The fraction of sp³-hybridized carbons (Fsp3) is 0.375. The Morgan fingerprint density at radius 3 is 2.29 bits per heavy atom. The molecule has 1 atom stereocenters. The molecular weight excluding hydrogens is 346 g/mol. The van der Waals surface area contributed by atoms with Crippen molar-refractivity contribution in [1.82, 2.24) is 15.0 Å². The lowest BCUT2D eigenvalue weighted by molar-refractivity contribution is 0.0939. The van der Waals surface area contributed by atoms with E-state index in [0.29, 0.717) is 5.56 Å². The minimum Gasteiger partial charge on any atom is -0.344 e. The van der Waals surface area contributed by atoms with Crippen LogP contribution in [0, 0.1) is 6.92 Å². The monoisotopic (exact) mass is 367 g/mol. The molecule has 130 valence electrons. The number of carbonyl (C=O) groups is 1. The smallest absolute Gasteiger partial charge is 0.251 e. The van der Waals surface area contributed by atoms with Gasteiger partial charge >= 0.3 is 0 Å². The van der Waals surface area contributed by atoms with Crippen molar-refractivity contribution in [2.24, 2.45) is 0 Å². The molecule has 0 spiro atoms. The normalized spacial score (nSPS) is 13.0. The van der Waals surface area contributed by atoms with Crippen LogP contribution in [-0.4, -0.2) is 25.4 Å². The summed E-state index contributed by atoms with van der Waals surface area (Å²) in [6, 6.07) is 5.45. The SMILES string of the molecule is Cc1nc(C(C)NC(=O)c2ccc(S(=O)(=O)NC(C)C)cc2)cs1. The standard InChI is InChI=1S/C16H21N3O3S2/c1-10(2)19-24(21,22)14-7-5-13(6-8-14)16(20)17-11(3)15-9-23-12(4)18-15/h5-11,19H,1-4H3,(H,17,20). The summed E-state index contributed by atoms with van der Waals surface area (Å²) in [5.74, 6) is -0.270. The van der Waals surface area contributed by atoms with Crippen LogP contribution in [0.4, 0.5) is 0 Å². The van der Waals surface area contributed by atoms with E-state index in [2.05, 4.69) is 15.0 Å². The van der Waals surface area contributed by atoms with E-state index in [4.69, 9.17) is 0 Å². The highest BCUT2D eigenvalue weighted by Gasteiger charge is 2.17. The number of amides is 1. The lowest BCUT2D eigenvalue weighted by atomic mass is 10.2. The number of carbonyl (C=O) groups excluding carboxylic acids is 1. The van der Waals surface area contributed by atoms with E-state index in [0.717, 1.165) is 10.7 Å². The van der Waals surface area contributed by atoms with Crippen LogP contribution in [0.25, 0.3) is 0 Å². The lowest BCUT2D eigenvalue weighted by Gasteiger charge is -2.13. The second kappa shape index (κ2) is 7.42. The van der Waals surface area contributed by atoms with Crippen molar-refractivity contribution in [3.63, 3.8) is 0 Å². The summed E-state index contributed by atoms with van der Waals surface area (Å²) in [6.45, 7) is 7.27. The number of benzene rings is 1. The summed E-state index contributed by atoms with van der Waals surface area (Å²) in [5, 5.41) is 5.71. The molecule has 2 rings (SSSR count). The summed E-state index contributed by atoms with van der Waals surface area (Å²) >= 11 is 1.53. The van der Waals surface area contributed by atoms with Crippen LogP contribution in [0.15, 0.2) is 34.5 Å². The van der Waals surface area contributed by atoms with Crippen LogP contribution in [0.5, 0.6) is 0 Å². The van der Waals surface area contributed by atoms with E-state index in [1.54, 1.807) is 13.8 Å². The molecule has 1 aromatic heterocycles. The van der Waals surface area contributed by atoms with Crippen molar-refractivity contribution in [2.75, 3.05) is 0 Å². The zero-order valence-electron chi connectivity index (χ0n) is 14.0. The number of nitrogens with one attached hydrogen (secondary N) is 2. The van der Waals surface area contributed by atoms with Crippen molar-refractivity contribution in [3.05, 3.63) is 45.9 Å². The molecule has 2 N–H and O–H groups in total. The molecule has 1 heterocycles. The average molecular weight is 367 g/mol. The Kier molecular flexibility index (Phi) is 5.74. The fourth-order valence-corrected chi connectivity index (χ4v) is 4.05. The number of nitrogens with zero attached hydrogens (tertiary/aromatic N) is 1. The molecule has 1 amide bonds. The Labute approximate surface area is 146 Å². The van der Waals surface area contributed by atoms with Gasteiger partial charge in [-0.3, -0.25) is 4.79 Å². The Hall–Kier alpha value is -1.77. The number of aromatic nitrogens is 1. The maximum Gasteiger partial charge on any atom is 0.251 e. The molecule has 0 saturated heterocycles. The van der Waals surface area contributed by atoms with Crippen molar-refractivity contribution in [2.45, 2.75) is 44.7 Å². The van der Waals surface area contributed by atoms with Crippen molar-refractivity contribution in [1.29, 1.82) is 0 Å². The Bertz CT molecular complexity index is 811. The highest BCUT2D eigenvalue weighted by molar-refractivity contribution is 7.89. The van der Waals surface area contributed by atoms with Crippen molar-refractivity contribution >= 4 is 27.3 Å². The van der Waals surface area contributed by atoms with Gasteiger partial charge in [-0.05, 0) is 52.0 Å². The van der Waals surface area contributed by atoms with E-state index in [1.807, 2.05) is 19.2 Å². The van der Waals surface area contributed by atoms with E-state index in [9.17, 15) is 13.2 Å². The summed E-state index contributed by atoms with van der Waals surface area (Å²) < 4.78 is 26.6. The number of thiazole rings is 1. The fourth-order valence-electron chi connectivity index (χ4n) is 2.10. The van der Waals surface area contributed by atoms with Crippen molar-refractivity contribution < 1.29 is 13.2 Å². The summed E-state index contributed by atoms with van der Waals surface area (Å²) in [7, 11) is -3.56. The number of hydrogen-bond acceptors (Lipinski definition) is 5. The van der Waals surface area contributed by atoms with E-state index < -0.39 is 10.0 Å². The summed E-state index contributed by atoms with van der Waals surface area (Å²) in [4.78, 5) is 16.8. The largest absolute Gasteiger partial charge is 0.344 e. The Morgan fingerprint density at radius 2 is 1.79 bits per heavy atom. The maximum atomic E-state index is 12.3. The molecule has 0 bridgehead atoms. The highest BCUT2D eigenvalue weighted by Crippen LogP contribution is 2.17. The molecule has 0 aliphatic heterocycles. The molecule has 0 aliphatic rings. The third-order valence-corrected chi connectivity index (χ3v) is 5.71. The van der Waals surface area contributed by atoms with Gasteiger partial charge in [0.25, 0.3) is 5.91 Å². The summed E-state index contributed by atoms with van der Waals surface area (Å²) in [6.07, 6.45) is 0.